The second-order valence-corrected chi connectivity index (χ2v) is 8.21. The molecule has 0 aliphatic heterocycles. The number of aliphatic carboxylic acids is 1. The highest BCUT2D eigenvalue weighted by Gasteiger charge is 2.23. The van der Waals surface area contributed by atoms with Crippen LogP contribution in [-0.2, 0) is 21.2 Å². The van der Waals surface area contributed by atoms with Crippen LogP contribution in [0, 0.1) is 0 Å². The van der Waals surface area contributed by atoms with Crippen molar-refractivity contribution in [2.45, 2.75) is 17.4 Å². The molecule has 8 heteroatoms. The first-order valence-corrected chi connectivity index (χ1v) is 9.58. The van der Waals surface area contributed by atoms with Gasteiger partial charge in [0.1, 0.15) is 0 Å². The minimum atomic E-state index is -4.03. The van der Waals surface area contributed by atoms with Crippen LogP contribution in [0.3, 0.4) is 0 Å². The molecule has 0 aromatic heterocycles. The topological polar surface area (TPSA) is 86.3 Å². The highest BCUT2D eigenvalue weighted by Crippen LogP contribution is 2.25. The first kappa shape index (κ1) is 18.1. The van der Waals surface area contributed by atoms with Gasteiger partial charge in [-0.05, 0) is 46.1 Å². The third kappa shape index (κ3) is 4.87. The molecule has 2 aromatic carbocycles. The van der Waals surface area contributed by atoms with Crippen LogP contribution in [0.25, 0.3) is 0 Å². The molecule has 122 valence electrons. The third-order valence-electron chi connectivity index (χ3n) is 3.05. The minimum absolute atomic E-state index is 0.00593. The van der Waals surface area contributed by atoms with Gasteiger partial charge in [0.25, 0.3) is 0 Å². The lowest BCUT2D eigenvalue weighted by atomic mass is 10.1. The Balaban J connectivity index is 2.28. The number of halogens is 2. The van der Waals surface area contributed by atoms with Gasteiger partial charge in [0.05, 0.1) is 16.9 Å². The quantitative estimate of drug-likeness (QED) is 0.711. The Hall–Kier alpha value is -1.22. The van der Waals surface area contributed by atoms with Gasteiger partial charge >= 0.3 is 0 Å². The van der Waals surface area contributed by atoms with E-state index in [-0.39, 0.29) is 11.3 Å². The number of carbonyl (C=O) groups is 1. The highest BCUT2D eigenvalue weighted by atomic mass is 79.9. The van der Waals surface area contributed by atoms with Gasteiger partial charge in [-0.15, -0.1) is 0 Å². The van der Waals surface area contributed by atoms with E-state index in [0.717, 1.165) is 0 Å². The number of nitrogens with one attached hydrogen (secondary N) is 1. The van der Waals surface area contributed by atoms with Crippen LogP contribution in [0.2, 0.25) is 0 Å². The Labute approximate surface area is 151 Å². The van der Waals surface area contributed by atoms with Gasteiger partial charge in [-0.1, -0.05) is 46.3 Å². The van der Waals surface area contributed by atoms with Crippen LogP contribution in [0.5, 0.6) is 0 Å². The Morgan fingerprint density at radius 3 is 2.39 bits per heavy atom. The summed E-state index contributed by atoms with van der Waals surface area (Å²) in [6.07, 6.45) is -0.00593. The molecular weight excluding hydrogens is 450 g/mol. The fourth-order valence-electron chi connectivity index (χ4n) is 1.96. The van der Waals surface area contributed by atoms with Crippen molar-refractivity contribution in [1.29, 1.82) is 0 Å². The van der Waals surface area contributed by atoms with Crippen LogP contribution < -0.4 is 9.83 Å². The van der Waals surface area contributed by atoms with Crippen LogP contribution in [0.15, 0.2) is 62.4 Å². The lowest BCUT2D eigenvalue weighted by molar-refractivity contribution is -0.307. The smallest absolute Gasteiger partial charge is 0.242 e. The van der Waals surface area contributed by atoms with Crippen molar-refractivity contribution in [3.63, 3.8) is 0 Å². The zero-order chi connectivity index (χ0) is 17.0. The summed E-state index contributed by atoms with van der Waals surface area (Å²) < 4.78 is 28.0. The largest absolute Gasteiger partial charge is 0.548 e. The molecule has 23 heavy (non-hydrogen) atoms. The number of hydrogen-bond donors (Lipinski definition) is 1. The van der Waals surface area contributed by atoms with Crippen LogP contribution in [-0.4, -0.2) is 20.4 Å². The summed E-state index contributed by atoms with van der Waals surface area (Å²) >= 11 is 6.35. The minimum Gasteiger partial charge on any atom is -0.548 e. The van der Waals surface area contributed by atoms with E-state index < -0.39 is 22.0 Å². The maximum atomic E-state index is 12.5. The van der Waals surface area contributed by atoms with Gasteiger partial charge < -0.3 is 9.90 Å². The van der Waals surface area contributed by atoms with Gasteiger partial charge in [0, 0.05) is 8.95 Å². The molecule has 0 saturated heterocycles. The average Bonchev–Trinajstić information content (AvgIpc) is 2.49. The SMILES string of the molecule is O=C([O-])[C@@H](Cc1ccccc1)NS(=O)(=O)c1cc(Br)ccc1Br. The number of hydrogen-bond acceptors (Lipinski definition) is 4. The zero-order valence-corrected chi connectivity index (χ0v) is 15.7. The predicted octanol–water partition coefficient (Wildman–Crippen LogP) is 1.85. The van der Waals surface area contributed by atoms with Gasteiger partial charge in [-0.2, -0.15) is 0 Å². The molecule has 0 fully saturated rings. The van der Waals surface area contributed by atoms with Crippen molar-refractivity contribution in [2.24, 2.45) is 0 Å². The Kier molecular flexibility index (Phi) is 5.96. The average molecular weight is 462 g/mol. The summed E-state index contributed by atoms with van der Waals surface area (Å²) in [5.74, 6) is -1.48. The fraction of sp³-hybridized carbons (Fsp3) is 0.133. The number of benzene rings is 2. The lowest BCUT2D eigenvalue weighted by Gasteiger charge is -2.20. The fourth-order valence-corrected chi connectivity index (χ4v) is 4.64. The molecule has 0 aliphatic carbocycles. The highest BCUT2D eigenvalue weighted by molar-refractivity contribution is 9.11. The maximum absolute atomic E-state index is 12.5. The number of rotatable bonds is 6. The normalized spacial score (nSPS) is 12.8. The van der Waals surface area contributed by atoms with E-state index in [0.29, 0.717) is 14.5 Å². The van der Waals surface area contributed by atoms with Crippen molar-refractivity contribution in [3.05, 3.63) is 63.0 Å². The molecule has 1 atom stereocenters. The first-order valence-electron chi connectivity index (χ1n) is 6.52. The van der Waals surface area contributed by atoms with Gasteiger partial charge in [-0.25, -0.2) is 13.1 Å². The van der Waals surface area contributed by atoms with E-state index in [4.69, 9.17) is 0 Å². The molecule has 1 N–H and O–H groups in total. The molecular formula is C15H12Br2NO4S-. The maximum Gasteiger partial charge on any atom is 0.242 e. The zero-order valence-electron chi connectivity index (χ0n) is 11.7. The Morgan fingerprint density at radius 1 is 1.13 bits per heavy atom. The molecule has 0 heterocycles. The number of carboxylic acid groups (broad SMARTS) is 1. The number of carbonyl (C=O) groups excluding carboxylic acids is 1. The first-order chi connectivity index (χ1) is 10.8. The summed E-state index contributed by atoms with van der Waals surface area (Å²) in [5, 5.41) is 11.3. The van der Waals surface area contributed by atoms with Crippen molar-refractivity contribution in [3.8, 4) is 0 Å². The second-order valence-electron chi connectivity index (χ2n) is 4.76. The molecule has 2 rings (SSSR count). The molecule has 0 radical (unpaired) electrons. The van der Waals surface area contributed by atoms with E-state index in [1.165, 1.54) is 6.07 Å². The van der Waals surface area contributed by atoms with E-state index in [2.05, 4.69) is 36.6 Å². The third-order valence-corrected chi connectivity index (χ3v) is 6.01. The van der Waals surface area contributed by atoms with Gasteiger partial charge in [0.15, 0.2) is 0 Å². The van der Waals surface area contributed by atoms with Crippen molar-refractivity contribution in [2.75, 3.05) is 0 Å². The van der Waals surface area contributed by atoms with Crippen LogP contribution >= 0.6 is 31.9 Å². The molecule has 5 nitrogen and oxygen atoms in total. The van der Waals surface area contributed by atoms with Crippen LogP contribution in [0.1, 0.15) is 5.56 Å². The van der Waals surface area contributed by atoms with Gasteiger partial charge in [-0.3, -0.25) is 0 Å². The molecule has 0 unspecified atom stereocenters. The van der Waals surface area contributed by atoms with E-state index in [1.807, 2.05) is 0 Å². The summed E-state index contributed by atoms with van der Waals surface area (Å²) in [6, 6.07) is 12.0. The van der Waals surface area contributed by atoms with E-state index in [1.54, 1.807) is 42.5 Å². The molecule has 0 aliphatic rings. The van der Waals surface area contributed by atoms with Crippen molar-refractivity contribution < 1.29 is 18.3 Å². The van der Waals surface area contributed by atoms with Crippen molar-refractivity contribution in [1.82, 2.24) is 4.72 Å². The van der Waals surface area contributed by atoms with E-state index in [9.17, 15) is 18.3 Å². The number of carboxylic acids is 1. The molecule has 2 aromatic rings. The van der Waals surface area contributed by atoms with Crippen LogP contribution in [0.4, 0.5) is 0 Å². The summed E-state index contributed by atoms with van der Waals surface area (Å²) in [6.45, 7) is 0. The molecule has 0 spiro atoms. The van der Waals surface area contributed by atoms with Crippen molar-refractivity contribution >= 4 is 47.9 Å². The Bertz CT molecular complexity index is 809. The van der Waals surface area contributed by atoms with Gasteiger partial charge in [0.2, 0.25) is 10.0 Å². The molecule has 0 bridgehead atoms. The summed E-state index contributed by atoms with van der Waals surface area (Å²) in [7, 11) is -4.03. The van der Waals surface area contributed by atoms with E-state index >= 15 is 0 Å². The Morgan fingerprint density at radius 2 is 1.78 bits per heavy atom. The standard InChI is InChI=1S/C15H13Br2NO4S/c16-11-6-7-12(17)14(9-11)23(21,22)18-13(15(19)20)8-10-4-2-1-3-5-10/h1-7,9,13,18H,8H2,(H,19,20)/p-1/t13-/m1/s1. The molecule has 0 amide bonds. The summed E-state index contributed by atoms with van der Waals surface area (Å²) in [5.41, 5.74) is 0.692. The monoisotopic (exact) mass is 460 g/mol. The summed E-state index contributed by atoms with van der Waals surface area (Å²) in [4.78, 5) is 11.3. The second kappa shape index (κ2) is 7.57. The lowest BCUT2D eigenvalue weighted by Crippen LogP contribution is -2.49. The predicted molar refractivity (Wildman–Crippen MR) is 91.1 cm³/mol. The molecule has 0 saturated carbocycles. The number of sulfonamides is 1.